The average Bonchev–Trinajstić information content (AvgIpc) is 2.88. The molecule has 0 N–H and O–H groups in total. The van der Waals surface area contributed by atoms with E-state index in [9.17, 15) is 0 Å². The predicted octanol–water partition coefficient (Wildman–Crippen LogP) is 2.96. The number of hydrogen-bond donors (Lipinski definition) is 0. The standard InChI is InChI=1S/C16H22BNO2/c1-6-18-11-10-12-13(8-7-9-14(12)18)17-19-15(2,3)16(4,5)20-17/h7-11H,6H2,1-5H3. The maximum Gasteiger partial charge on any atom is 0.495 e. The molecular formula is C16H22BNO2. The lowest BCUT2D eigenvalue weighted by molar-refractivity contribution is 0.00578. The summed E-state index contributed by atoms with van der Waals surface area (Å²) in [6.07, 6.45) is 2.12. The molecule has 106 valence electrons. The summed E-state index contributed by atoms with van der Waals surface area (Å²) in [6.45, 7) is 11.5. The van der Waals surface area contributed by atoms with E-state index >= 15 is 0 Å². The van der Waals surface area contributed by atoms with Crippen LogP contribution in [0.4, 0.5) is 0 Å². The predicted molar refractivity (Wildman–Crippen MR) is 83.3 cm³/mol. The van der Waals surface area contributed by atoms with E-state index in [1.165, 1.54) is 10.9 Å². The van der Waals surface area contributed by atoms with Crippen molar-refractivity contribution in [2.45, 2.75) is 52.4 Å². The first kappa shape index (κ1) is 13.7. The van der Waals surface area contributed by atoms with E-state index in [0.29, 0.717) is 0 Å². The molecule has 3 nitrogen and oxygen atoms in total. The normalized spacial score (nSPS) is 20.8. The second-order valence-electron chi connectivity index (χ2n) is 6.47. The highest BCUT2D eigenvalue weighted by Gasteiger charge is 2.52. The van der Waals surface area contributed by atoms with Crippen molar-refractivity contribution in [3.05, 3.63) is 30.5 Å². The van der Waals surface area contributed by atoms with Gasteiger partial charge >= 0.3 is 7.12 Å². The van der Waals surface area contributed by atoms with Crippen LogP contribution in [0.3, 0.4) is 0 Å². The Hall–Kier alpha value is -1.26. The monoisotopic (exact) mass is 271 g/mol. The van der Waals surface area contributed by atoms with Gasteiger partial charge in [0.1, 0.15) is 0 Å². The van der Waals surface area contributed by atoms with Gasteiger partial charge in [-0.05, 0) is 57.6 Å². The Kier molecular flexibility index (Phi) is 3.00. The maximum atomic E-state index is 6.17. The van der Waals surface area contributed by atoms with Gasteiger partial charge in [-0.1, -0.05) is 12.1 Å². The van der Waals surface area contributed by atoms with Crippen LogP contribution in [0, 0.1) is 0 Å². The summed E-state index contributed by atoms with van der Waals surface area (Å²) in [6, 6.07) is 8.48. The Morgan fingerprint density at radius 3 is 2.30 bits per heavy atom. The molecule has 1 fully saturated rings. The third-order valence-corrected chi connectivity index (χ3v) is 4.70. The third kappa shape index (κ3) is 1.90. The third-order valence-electron chi connectivity index (χ3n) is 4.70. The van der Waals surface area contributed by atoms with Crippen molar-refractivity contribution in [2.75, 3.05) is 0 Å². The summed E-state index contributed by atoms with van der Waals surface area (Å²) in [7, 11) is -0.295. The van der Waals surface area contributed by atoms with Crippen molar-refractivity contribution in [3.8, 4) is 0 Å². The largest absolute Gasteiger partial charge is 0.495 e. The molecule has 0 saturated carbocycles. The van der Waals surface area contributed by atoms with E-state index in [2.05, 4.69) is 69.6 Å². The first-order valence-electron chi connectivity index (χ1n) is 7.29. The average molecular weight is 271 g/mol. The van der Waals surface area contributed by atoms with Gasteiger partial charge in [0.05, 0.1) is 11.2 Å². The van der Waals surface area contributed by atoms with Gasteiger partial charge in [-0.2, -0.15) is 0 Å². The van der Waals surface area contributed by atoms with E-state index < -0.39 is 0 Å². The fraction of sp³-hybridized carbons (Fsp3) is 0.500. The highest BCUT2D eigenvalue weighted by atomic mass is 16.7. The number of benzene rings is 1. The molecule has 1 aliphatic rings. The summed E-state index contributed by atoms with van der Waals surface area (Å²) in [5, 5.41) is 1.22. The van der Waals surface area contributed by atoms with Crippen LogP contribution in [0.2, 0.25) is 0 Å². The van der Waals surface area contributed by atoms with Crippen molar-refractivity contribution in [1.29, 1.82) is 0 Å². The van der Waals surface area contributed by atoms with Crippen molar-refractivity contribution in [3.63, 3.8) is 0 Å². The Balaban J connectivity index is 2.06. The minimum absolute atomic E-state index is 0.295. The van der Waals surface area contributed by atoms with E-state index in [1.807, 2.05) is 0 Å². The fourth-order valence-corrected chi connectivity index (χ4v) is 2.70. The summed E-state index contributed by atoms with van der Waals surface area (Å²) in [4.78, 5) is 0. The zero-order chi connectivity index (χ0) is 14.5. The number of aryl methyl sites for hydroxylation is 1. The molecule has 2 aromatic rings. The molecule has 0 amide bonds. The lowest BCUT2D eigenvalue weighted by atomic mass is 9.77. The molecule has 0 bridgehead atoms. The first-order valence-corrected chi connectivity index (χ1v) is 7.29. The van der Waals surface area contributed by atoms with Gasteiger partial charge in [-0.15, -0.1) is 0 Å². The molecule has 0 unspecified atom stereocenters. The summed E-state index contributed by atoms with van der Waals surface area (Å²) in [5.74, 6) is 0. The second kappa shape index (κ2) is 4.37. The van der Waals surface area contributed by atoms with Gasteiger partial charge in [0, 0.05) is 18.3 Å². The Morgan fingerprint density at radius 1 is 1.05 bits per heavy atom. The summed E-state index contributed by atoms with van der Waals surface area (Å²) >= 11 is 0. The molecule has 3 rings (SSSR count). The van der Waals surface area contributed by atoms with Crippen molar-refractivity contribution in [2.24, 2.45) is 0 Å². The Morgan fingerprint density at radius 2 is 1.70 bits per heavy atom. The van der Waals surface area contributed by atoms with Gasteiger partial charge in [0.15, 0.2) is 0 Å². The van der Waals surface area contributed by atoms with Crippen LogP contribution in [-0.4, -0.2) is 22.9 Å². The van der Waals surface area contributed by atoms with Crippen molar-refractivity contribution < 1.29 is 9.31 Å². The molecule has 0 radical (unpaired) electrons. The lowest BCUT2D eigenvalue weighted by Crippen LogP contribution is -2.41. The minimum atomic E-state index is -0.298. The molecule has 1 aromatic heterocycles. The number of aromatic nitrogens is 1. The molecule has 1 aromatic carbocycles. The number of nitrogens with zero attached hydrogens (tertiary/aromatic N) is 1. The van der Waals surface area contributed by atoms with E-state index in [0.717, 1.165) is 12.0 Å². The summed E-state index contributed by atoms with van der Waals surface area (Å²) in [5.41, 5.74) is 1.76. The molecule has 0 atom stereocenters. The second-order valence-corrected chi connectivity index (χ2v) is 6.47. The topological polar surface area (TPSA) is 23.4 Å². The van der Waals surface area contributed by atoms with Crippen LogP contribution in [0.15, 0.2) is 30.5 Å². The Bertz CT molecular complexity index is 629. The molecule has 20 heavy (non-hydrogen) atoms. The molecule has 1 aliphatic heterocycles. The first-order chi connectivity index (χ1) is 9.36. The molecule has 2 heterocycles. The van der Waals surface area contributed by atoms with Gasteiger partial charge in [0.25, 0.3) is 0 Å². The Labute approximate surface area is 121 Å². The molecular weight excluding hydrogens is 249 g/mol. The van der Waals surface area contributed by atoms with Crippen molar-refractivity contribution in [1.82, 2.24) is 4.57 Å². The van der Waals surface area contributed by atoms with Gasteiger partial charge in [0.2, 0.25) is 0 Å². The van der Waals surface area contributed by atoms with Crippen LogP contribution in [0.5, 0.6) is 0 Å². The molecule has 0 aliphatic carbocycles. The zero-order valence-electron chi connectivity index (χ0n) is 12.9. The zero-order valence-corrected chi connectivity index (χ0v) is 12.9. The molecule has 1 saturated heterocycles. The van der Waals surface area contributed by atoms with Gasteiger partial charge < -0.3 is 13.9 Å². The quantitative estimate of drug-likeness (QED) is 0.784. The van der Waals surface area contributed by atoms with E-state index in [1.54, 1.807) is 0 Å². The molecule has 4 heteroatoms. The van der Waals surface area contributed by atoms with Crippen LogP contribution in [-0.2, 0) is 15.9 Å². The molecule has 0 spiro atoms. The maximum absolute atomic E-state index is 6.17. The minimum Gasteiger partial charge on any atom is -0.399 e. The number of rotatable bonds is 2. The van der Waals surface area contributed by atoms with Crippen LogP contribution >= 0.6 is 0 Å². The fourth-order valence-electron chi connectivity index (χ4n) is 2.70. The number of hydrogen-bond acceptors (Lipinski definition) is 2. The summed E-state index contributed by atoms with van der Waals surface area (Å²) < 4.78 is 14.6. The smallest absolute Gasteiger partial charge is 0.399 e. The van der Waals surface area contributed by atoms with Gasteiger partial charge in [-0.3, -0.25) is 0 Å². The van der Waals surface area contributed by atoms with Gasteiger partial charge in [-0.25, -0.2) is 0 Å². The lowest BCUT2D eigenvalue weighted by Gasteiger charge is -2.32. The van der Waals surface area contributed by atoms with E-state index in [-0.39, 0.29) is 18.3 Å². The highest BCUT2D eigenvalue weighted by Crippen LogP contribution is 2.37. The highest BCUT2D eigenvalue weighted by molar-refractivity contribution is 6.65. The van der Waals surface area contributed by atoms with Crippen LogP contribution in [0.1, 0.15) is 34.6 Å². The van der Waals surface area contributed by atoms with E-state index in [4.69, 9.17) is 9.31 Å². The van der Waals surface area contributed by atoms with Crippen LogP contribution < -0.4 is 5.46 Å². The SMILES string of the molecule is CCn1ccc2c(B3OC(C)(C)C(C)(C)O3)cccc21. The van der Waals surface area contributed by atoms with Crippen molar-refractivity contribution >= 4 is 23.5 Å². The van der Waals surface area contributed by atoms with Crippen LogP contribution in [0.25, 0.3) is 10.9 Å². The number of fused-ring (bicyclic) bond motifs is 1.